The minimum atomic E-state index is -1.89. The zero-order chi connectivity index (χ0) is 35.5. The van der Waals surface area contributed by atoms with Crippen LogP contribution in [-0.2, 0) is 51.8 Å². The molecule has 0 radical (unpaired) electrons. The predicted octanol–water partition coefficient (Wildman–Crippen LogP) is 5.71. The van der Waals surface area contributed by atoms with Crippen LogP contribution in [0.1, 0.15) is 84.9 Å². The molecule has 2 aromatic rings. The molecule has 0 spiro atoms. The first-order valence-corrected chi connectivity index (χ1v) is 16.2. The van der Waals surface area contributed by atoms with Gasteiger partial charge in [0.2, 0.25) is 0 Å². The largest absolute Gasteiger partial charge is 0.458 e. The Morgan fingerprint density at radius 3 is 1.94 bits per heavy atom. The second kappa shape index (κ2) is 17.4. The normalized spacial score (nSPS) is 14.5. The van der Waals surface area contributed by atoms with Gasteiger partial charge in [0.25, 0.3) is 5.91 Å². The summed E-state index contributed by atoms with van der Waals surface area (Å²) in [6, 6.07) is 14.6. The van der Waals surface area contributed by atoms with E-state index in [1.54, 1.807) is 31.3 Å². The highest BCUT2D eigenvalue weighted by atomic mass is 19.1. The van der Waals surface area contributed by atoms with E-state index in [9.17, 15) is 19.2 Å². The summed E-state index contributed by atoms with van der Waals surface area (Å²) >= 11 is 0. The van der Waals surface area contributed by atoms with Gasteiger partial charge in [-0.15, -0.1) is 0 Å². The number of nitrogens with one attached hydrogen (secondary N) is 1. The van der Waals surface area contributed by atoms with E-state index >= 15 is 4.39 Å². The summed E-state index contributed by atoms with van der Waals surface area (Å²) in [5, 5.41) is 2.95. The standard InChI is InChI=1S/C37H53FN2O7/c1-24(2)20-29(39-9)34(43)47-31(21-26-16-18-28(19-17-26)36(4,5)6)32(41)40(10)30(22-37(7,8)38)35(44)46-25(3)33(42)45-23-27-14-12-11-13-15-27/h11-19,24-25,29-31,39H,20-23H2,1-10H3/t25-,29+,30+,31-/m1/s1. The van der Waals surface area contributed by atoms with Gasteiger partial charge in [-0.3, -0.25) is 9.59 Å². The van der Waals surface area contributed by atoms with Crippen LogP contribution in [0.15, 0.2) is 54.6 Å². The van der Waals surface area contributed by atoms with Crippen LogP contribution in [-0.4, -0.2) is 72.8 Å². The summed E-state index contributed by atoms with van der Waals surface area (Å²) in [7, 11) is 2.98. The number of halogens is 1. The van der Waals surface area contributed by atoms with Crippen LogP contribution in [0, 0.1) is 5.92 Å². The SMILES string of the molecule is CN[C@@H](CC(C)C)C(=O)O[C@H](Cc1ccc(C(C)(C)C)cc1)C(=O)N(C)[C@@H](CC(C)(C)F)C(=O)O[C@H](C)C(=O)OCc1ccccc1. The summed E-state index contributed by atoms with van der Waals surface area (Å²) in [5.41, 5.74) is 0.606. The maximum absolute atomic E-state index is 15.1. The molecule has 0 aliphatic carbocycles. The Hall–Kier alpha value is -3.79. The number of alkyl halides is 1. The smallest absolute Gasteiger partial charge is 0.347 e. The molecule has 0 bridgehead atoms. The summed E-state index contributed by atoms with van der Waals surface area (Å²) in [4.78, 5) is 54.5. The molecule has 0 fully saturated rings. The molecule has 0 aromatic heterocycles. The Kier molecular flexibility index (Phi) is 14.6. The summed E-state index contributed by atoms with van der Waals surface area (Å²) < 4.78 is 31.6. The minimum Gasteiger partial charge on any atom is -0.458 e. The van der Waals surface area contributed by atoms with Crippen LogP contribution in [0.2, 0.25) is 0 Å². The molecule has 1 amide bonds. The van der Waals surface area contributed by atoms with Gasteiger partial charge < -0.3 is 24.4 Å². The van der Waals surface area contributed by atoms with Crippen molar-refractivity contribution in [1.82, 2.24) is 10.2 Å². The third-order valence-electron chi connectivity index (χ3n) is 7.73. The fourth-order valence-corrected chi connectivity index (χ4v) is 4.93. The fourth-order valence-electron chi connectivity index (χ4n) is 4.93. The van der Waals surface area contributed by atoms with Crippen molar-refractivity contribution in [3.05, 3.63) is 71.3 Å². The maximum Gasteiger partial charge on any atom is 0.347 e. The van der Waals surface area contributed by atoms with Gasteiger partial charge in [0.1, 0.15) is 24.4 Å². The number of hydrogen-bond acceptors (Lipinski definition) is 8. The first-order valence-electron chi connectivity index (χ1n) is 16.2. The van der Waals surface area contributed by atoms with Crippen molar-refractivity contribution >= 4 is 23.8 Å². The summed E-state index contributed by atoms with van der Waals surface area (Å²) in [6.45, 7) is 14.1. The van der Waals surface area contributed by atoms with Crippen molar-refractivity contribution in [2.75, 3.05) is 14.1 Å². The molecule has 0 aliphatic rings. The topological polar surface area (TPSA) is 111 Å². The Bertz CT molecular complexity index is 1320. The number of nitrogens with zero attached hydrogens (tertiary/aromatic N) is 1. The molecule has 10 heteroatoms. The van der Waals surface area contributed by atoms with Gasteiger partial charge in [-0.25, -0.2) is 14.0 Å². The average molecular weight is 657 g/mol. The zero-order valence-electron chi connectivity index (χ0n) is 29.6. The van der Waals surface area contributed by atoms with E-state index in [0.717, 1.165) is 21.6 Å². The van der Waals surface area contributed by atoms with Crippen molar-refractivity contribution in [2.45, 2.75) is 117 Å². The second-order valence-corrected chi connectivity index (χ2v) is 14.1. The van der Waals surface area contributed by atoms with Crippen molar-refractivity contribution in [3.63, 3.8) is 0 Å². The first-order chi connectivity index (χ1) is 21.8. The molecule has 260 valence electrons. The van der Waals surface area contributed by atoms with Crippen LogP contribution in [0.25, 0.3) is 0 Å². The third-order valence-corrected chi connectivity index (χ3v) is 7.73. The number of rotatable bonds is 16. The van der Waals surface area contributed by atoms with Gasteiger partial charge in [0, 0.05) is 19.9 Å². The number of ether oxygens (including phenoxy) is 3. The number of hydrogen-bond donors (Lipinski definition) is 1. The molecule has 4 atom stereocenters. The molecule has 0 unspecified atom stereocenters. The Balaban J connectivity index is 2.33. The number of esters is 3. The molecule has 1 N–H and O–H groups in total. The Labute approximate surface area is 279 Å². The number of carbonyl (C=O) groups excluding carboxylic acids is 4. The van der Waals surface area contributed by atoms with Crippen LogP contribution in [0.5, 0.6) is 0 Å². The van der Waals surface area contributed by atoms with Crippen molar-refractivity contribution in [2.24, 2.45) is 5.92 Å². The van der Waals surface area contributed by atoms with Gasteiger partial charge in [0.05, 0.1) is 0 Å². The lowest BCUT2D eigenvalue weighted by molar-refractivity contribution is -0.174. The molecular weight excluding hydrogens is 603 g/mol. The fraction of sp³-hybridized carbons (Fsp3) is 0.568. The van der Waals surface area contributed by atoms with E-state index in [1.807, 2.05) is 44.2 Å². The van der Waals surface area contributed by atoms with Gasteiger partial charge in [-0.05, 0) is 62.3 Å². The molecule has 0 saturated heterocycles. The van der Waals surface area contributed by atoms with E-state index in [4.69, 9.17) is 14.2 Å². The molecule has 0 heterocycles. The van der Waals surface area contributed by atoms with Gasteiger partial charge in [-0.2, -0.15) is 0 Å². The lowest BCUT2D eigenvalue weighted by Gasteiger charge is -2.33. The third kappa shape index (κ3) is 13.1. The quantitative estimate of drug-likeness (QED) is 0.181. The summed E-state index contributed by atoms with van der Waals surface area (Å²) in [6.07, 6.45) is -2.55. The van der Waals surface area contributed by atoms with Gasteiger partial charge in [-0.1, -0.05) is 89.2 Å². The monoisotopic (exact) mass is 656 g/mol. The predicted molar refractivity (Wildman–Crippen MR) is 179 cm³/mol. The first kappa shape index (κ1) is 39.4. The Morgan fingerprint density at radius 2 is 1.43 bits per heavy atom. The van der Waals surface area contributed by atoms with Crippen LogP contribution in [0.3, 0.4) is 0 Å². The lowest BCUT2D eigenvalue weighted by atomic mass is 9.86. The second-order valence-electron chi connectivity index (χ2n) is 14.1. The molecule has 47 heavy (non-hydrogen) atoms. The van der Waals surface area contributed by atoms with Crippen LogP contribution < -0.4 is 5.32 Å². The number of amides is 1. The summed E-state index contributed by atoms with van der Waals surface area (Å²) in [5.74, 6) is -2.91. The molecular formula is C37H53FN2O7. The van der Waals surface area contributed by atoms with E-state index in [1.165, 1.54) is 27.8 Å². The highest BCUT2D eigenvalue weighted by Crippen LogP contribution is 2.25. The van der Waals surface area contributed by atoms with E-state index in [2.05, 4.69) is 26.1 Å². The van der Waals surface area contributed by atoms with Gasteiger partial charge in [0.15, 0.2) is 12.2 Å². The van der Waals surface area contributed by atoms with E-state index in [0.29, 0.717) is 6.42 Å². The highest BCUT2D eigenvalue weighted by molar-refractivity contribution is 5.90. The Morgan fingerprint density at radius 1 is 0.830 bits per heavy atom. The maximum atomic E-state index is 15.1. The zero-order valence-corrected chi connectivity index (χ0v) is 29.6. The lowest BCUT2D eigenvalue weighted by Crippen LogP contribution is -2.52. The molecule has 9 nitrogen and oxygen atoms in total. The van der Waals surface area contributed by atoms with Crippen LogP contribution >= 0.6 is 0 Å². The molecule has 0 aliphatic heterocycles. The highest BCUT2D eigenvalue weighted by Gasteiger charge is 2.39. The molecule has 2 aromatic carbocycles. The van der Waals surface area contributed by atoms with Crippen LogP contribution in [0.4, 0.5) is 4.39 Å². The number of carbonyl (C=O) groups is 4. The molecule has 0 saturated carbocycles. The van der Waals surface area contributed by atoms with E-state index < -0.39 is 60.2 Å². The molecule has 2 rings (SSSR count). The van der Waals surface area contributed by atoms with Gasteiger partial charge >= 0.3 is 17.9 Å². The number of benzene rings is 2. The van der Waals surface area contributed by atoms with Crippen molar-refractivity contribution < 1.29 is 37.8 Å². The van der Waals surface area contributed by atoms with Crippen molar-refractivity contribution in [1.29, 1.82) is 0 Å². The van der Waals surface area contributed by atoms with Crippen molar-refractivity contribution in [3.8, 4) is 0 Å². The van der Waals surface area contributed by atoms with E-state index in [-0.39, 0.29) is 24.4 Å². The minimum absolute atomic E-state index is 0.0188. The number of likely N-dealkylation sites (N-methyl/N-ethyl adjacent to an activating group) is 2. The average Bonchev–Trinajstić information content (AvgIpc) is 2.99.